The number of aromatic nitrogens is 2. The zero-order chi connectivity index (χ0) is 11.4. The van der Waals surface area contributed by atoms with Crippen LogP contribution < -0.4 is 10.6 Å². The molecule has 2 rings (SSSR count). The summed E-state index contributed by atoms with van der Waals surface area (Å²) < 4.78 is 0. The van der Waals surface area contributed by atoms with Gasteiger partial charge in [0, 0.05) is 19.2 Å². The SMILES string of the molecule is O=C1CC(C(=O)NCc2ccncn2)CN1. The van der Waals surface area contributed by atoms with Gasteiger partial charge in [0.2, 0.25) is 11.8 Å². The molecular formula is C10H12N4O2. The smallest absolute Gasteiger partial charge is 0.225 e. The van der Waals surface area contributed by atoms with Crippen molar-refractivity contribution in [1.82, 2.24) is 20.6 Å². The van der Waals surface area contributed by atoms with Gasteiger partial charge >= 0.3 is 0 Å². The van der Waals surface area contributed by atoms with Crippen molar-refractivity contribution < 1.29 is 9.59 Å². The standard InChI is InChI=1S/C10H12N4O2/c15-9-3-7(4-12-9)10(16)13-5-8-1-2-11-6-14-8/h1-2,6-7H,3-5H2,(H,12,15)(H,13,16). The zero-order valence-corrected chi connectivity index (χ0v) is 8.64. The molecule has 0 radical (unpaired) electrons. The number of hydrogen-bond acceptors (Lipinski definition) is 4. The van der Waals surface area contributed by atoms with Crippen LogP contribution in [0.1, 0.15) is 12.1 Å². The molecule has 0 bridgehead atoms. The minimum Gasteiger partial charge on any atom is -0.355 e. The van der Waals surface area contributed by atoms with Crippen LogP contribution in [0.3, 0.4) is 0 Å². The van der Waals surface area contributed by atoms with E-state index in [-0.39, 0.29) is 24.2 Å². The topological polar surface area (TPSA) is 84.0 Å². The van der Waals surface area contributed by atoms with E-state index in [2.05, 4.69) is 20.6 Å². The summed E-state index contributed by atoms with van der Waals surface area (Å²) >= 11 is 0. The number of carbonyl (C=O) groups excluding carboxylic acids is 2. The molecule has 0 aliphatic carbocycles. The van der Waals surface area contributed by atoms with Crippen LogP contribution in [-0.2, 0) is 16.1 Å². The molecule has 1 unspecified atom stereocenters. The van der Waals surface area contributed by atoms with Gasteiger partial charge in [0.15, 0.2) is 0 Å². The maximum atomic E-state index is 11.6. The van der Waals surface area contributed by atoms with E-state index in [9.17, 15) is 9.59 Å². The maximum Gasteiger partial charge on any atom is 0.225 e. The monoisotopic (exact) mass is 220 g/mol. The molecule has 1 aromatic heterocycles. The Kier molecular flexibility index (Phi) is 3.09. The zero-order valence-electron chi connectivity index (χ0n) is 8.64. The van der Waals surface area contributed by atoms with Crippen molar-refractivity contribution in [2.24, 2.45) is 5.92 Å². The summed E-state index contributed by atoms with van der Waals surface area (Å²) in [6.45, 7) is 0.792. The summed E-state index contributed by atoms with van der Waals surface area (Å²) in [6, 6.07) is 1.73. The van der Waals surface area contributed by atoms with E-state index in [1.54, 1.807) is 12.3 Å². The number of hydrogen-bond donors (Lipinski definition) is 2. The lowest BCUT2D eigenvalue weighted by molar-refractivity contribution is -0.126. The van der Waals surface area contributed by atoms with Gasteiger partial charge in [0.1, 0.15) is 6.33 Å². The molecule has 6 heteroatoms. The minimum absolute atomic E-state index is 0.0674. The third-order valence-electron chi connectivity index (χ3n) is 2.44. The summed E-state index contributed by atoms with van der Waals surface area (Å²) in [5.74, 6) is -0.437. The van der Waals surface area contributed by atoms with Crippen LogP contribution in [-0.4, -0.2) is 28.3 Å². The van der Waals surface area contributed by atoms with Crippen LogP contribution in [0.15, 0.2) is 18.6 Å². The van der Waals surface area contributed by atoms with Crippen molar-refractivity contribution in [2.75, 3.05) is 6.54 Å². The van der Waals surface area contributed by atoms with Crippen molar-refractivity contribution in [3.63, 3.8) is 0 Å². The molecular weight excluding hydrogens is 208 g/mol. The minimum atomic E-state index is -0.255. The van der Waals surface area contributed by atoms with Gasteiger partial charge in [0.05, 0.1) is 18.2 Å². The van der Waals surface area contributed by atoms with Gasteiger partial charge in [-0.2, -0.15) is 0 Å². The van der Waals surface area contributed by atoms with Crippen molar-refractivity contribution in [3.8, 4) is 0 Å². The van der Waals surface area contributed by atoms with Crippen molar-refractivity contribution in [2.45, 2.75) is 13.0 Å². The number of rotatable bonds is 3. The van der Waals surface area contributed by atoms with E-state index < -0.39 is 0 Å². The van der Waals surface area contributed by atoms with Crippen molar-refractivity contribution in [1.29, 1.82) is 0 Å². The highest BCUT2D eigenvalue weighted by atomic mass is 16.2. The van der Waals surface area contributed by atoms with E-state index in [0.29, 0.717) is 13.1 Å². The lowest BCUT2D eigenvalue weighted by atomic mass is 10.1. The molecule has 0 saturated carbocycles. The fraction of sp³-hybridized carbons (Fsp3) is 0.400. The molecule has 1 saturated heterocycles. The summed E-state index contributed by atoms with van der Waals surface area (Å²) in [5.41, 5.74) is 0.751. The molecule has 6 nitrogen and oxygen atoms in total. The van der Waals surface area contributed by atoms with E-state index in [1.807, 2.05) is 0 Å². The first kappa shape index (κ1) is 10.5. The Hall–Kier alpha value is -1.98. The number of nitrogens with one attached hydrogen (secondary N) is 2. The number of carbonyl (C=O) groups is 2. The first-order valence-corrected chi connectivity index (χ1v) is 5.05. The Labute approximate surface area is 92.5 Å². The van der Waals surface area contributed by atoms with Crippen molar-refractivity contribution >= 4 is 11.8 Å². The van der Waals surface area contributed by atoms with E-state index in [1.165, 1.54) is 6.33 Å². The largest absolute Gasteiger partial charge is 0.355 e. The Morgan fingerprint density at radius 1 is 1.62 bits per heavy atom. The van der Waals surface area contributed by atoms with Gasteiger partial charge in [-0.15, -0.1) is 0 Å². The van der Waals surface area contributed by atoms with E-state index >= 15 is 0 Å². The fourth-order valence-electron chi connectivity index (χ4n) is 1.54. The molecule has 1 aromatic rings. The van der Waals surface area contributed by atoms with Gasteiger partial charge in [-0.1, -0.05) is 0 Å². The summed E-state index contributed by atoms with van der Waals surface area (Å²) in [7, 11) is 0. The molecule has 1 fully saturated rings. The van der Waals surface area contributed by atoms with Gasteiger partial charge in [0.25, 0.3) is 0 Å². The molecule has 84 valence electrons. The summed E-state index contributed by atoms with van der Waals surface area (Å²) in [5, 5.41) is 5.36. The van der Waals surface area contributed by atoms with Crippen LogP contribution in [0.25, 0.3) is 0 Å². The van der Waals surface area contributed by atoms with Crippen LogP contribution in [0.5, 0.6) is 0 Å². The molecule has 0 aromatic carbocycles. The second kappa shape index (κ2) is 4.69. The van der Waals surface area contributed by atoms with Crippen LogP contribution in [0.2, 0.25) is 0 Å². The normalized spacial score (nSPS) is 19.2. The van der Waals surface area contributed by atoms with Gasteiger partial charge < -0.3 is 10.6 Å². The molecule has 1 atom stereocenters. The van der Waals surface area contributed by atoms with E-state index in [4.69, 9.17) is 0 Å². The first-order chi connectivity index (χ1) is 7.75. The third kappa shape index (κ3) is 2.53. The average molecular weight is 220 g/mol. The predicted molar refractivity (Wildman–Crippen MR) is 55.0 cm³/mol. The van der Waals surface area contributed by atoms with Gasteiger partial charge in [-0.3, -0.25) is 9.59 Å². The highest BCUT2D eigenvalue weighted by molar-refractivity contribution is 5.89. The van der Waals surface area contributed by atoms with E-state index in [0.717, 1.165) is 5.69 Å². The summed E-state index contributed by atoms with van der Waals surface area (Å²) in [6.07, 6.45) is 3.33. The molecule has 1 aliphatic heterocycles. The Morgan fingerprint density at radius 3 is 3.12 bits per heavy atom. The molecule has 2 amide bonds. The lowest BCUT2D eigenvalue weighted by Crippen LogP contribution is -2.31. The number of nitrogens with zero attached hydrogens (tertiary/aromatic N) is 2. The second-order valence-corrected chi connectivity index (χ2v) is 3.62. The van der Waals surface area contributed by atoms with Crippen LogP contribution in [0.4, 0.5) is 0 Å². The van der Waals surface area contributed by atoms with Gasteiger partial charge in [-0.25, -0.2) is 9.97 Å². The predicted octanol–water partition coefficient (Wildman–Crippen LogP) is -0.771. The first-order valence-electron chi connectivity index (χ1n) is 5.05. The highest BCUT2D eigenvalue weighted by Crippen LogP contribution is 2.08. The Bertz CT molecular complexity index is 393. The van der Waals surface area contributed by atoms with Gasteiger partial charge in [-0.05, 0) is 6.07 Å². The van der Waals surface area contributed by atoms with Crippen molar-refractivity contribution in [3.05, 3.63) is 24.3 Å². The second-order valence-electron chi connectivity index (χ2n) is 3.62. The molecule has 2 heterocycles. The molecule has 1 aliphatic rings. The summed E-state index contributed by atoms with van der Waals surface area (Å²) in [4.78, 5) is 30.3. The Morgan fingerprint density at radius 2 is 2.50 bits per heavy atom. The quantitative estimate of drug-likeness (QED) is 0.700. The average Bonchev–Trinajstić information content (AvgIpc) is 2.74. The molecule has 2 N–H and O–H groups in total. The highest BCUT2D eigenvalue weighted by Gasteiger charge is 2.27. The van der Waals surface area contributed by atoms with Crippen LogP contribution >= 0.6 is 0 Å². The number of amides is 2. The molecule has 0 spiro atoms. The maximum absolute atomic E-state index is 11.6. The fourth-order valence-corrected chi connectivity index (χ4v) is 1.54. The third-order valence-corrected chi connectivity index (χ3v) is 2.44. The lowest BCUT2D eigenvalue weighted by Gasteiger charge is -2.08. The molecule has 16 heavy (non-hydrogen) atoms. The van der Waals surface area contributed by atoms with Crippen LogP contribution in [0, 0.1) is 5.92 Å². The Balaban J connectivity index is 1.82.